The molecule has 2 heterocycles. The zero-order chi connectivity index (χ0) is 21.3. The van der Waals surface area contributed by atoms with Crippen LogP contribution < -0.4 is 5.69 Å². The zero-order valence-electron chi connectivity index (χ0n) is 16.0. The minimum absolute atomic E-state index is 0.0783. The molecule has 0 aliphatic carbocycles. The summed E-state index contributed by atoms with van der Waals surface area (Å²) in [7, 11) is 0. The molecule has 0 aliphatic rings. The number of rotatable bonds is 6. The van der Waals surface area contributed by atoms with Gasteiger partial charge in [0.15, 0.2) is 0 Å². The number of benzene rings is 2. The van der Waals surface area contributed by atoms with E-state index in [1.807, 2.05) is 0 Å². The fourth-order valence-electron chi connectivity index (χ4n) is 3.41. The maximum atomic E-state index is 14.3. The van der Waals surface area contributed by atoms with Gasteiger partial charge in [-0.3, -0.25) is 9.13 Å². The second-order valence-corrected chi connectivity index (χ2v) is 6.87. The van der Waals surface area contributed by atoms with E-state index in [2.05, 4.69) is 15.5 Å². The summed E-state index contributed by atoms with van der Waals surface area (Å²) in [4.78, 5) is 13.0. The summed E-state index contributed by atoms with van der Waals surface area (Å²) in [6.45, 7) is 0.794. The number of aliphatic hydroxyl groups is 2. The zero-order valence-corrected chi connectivity index (χ0v) is 16.0. The van der Waals surface area contributed by atoms with Crippen LogP contribution in [0.5, 0.6) is 0 Å². The van der Waals surface area contributed by atoms with Crippen molar-refractivity contribution in [3.63, 3.8) is 0 Å². The van der Waals surface area contributed by atoms with Gasteiger partial charge < -0.3 is 10.2 Å². The summed E-state index contributed by atoms with van der Waals surface area (Å²) < 4.78 is 18.4. The van der Waals surface area contributed by atoms with E-state index in [1.165, 1.54) is 44.5 Å². The Kier molecular flexibility index (Phi) is 5.02. The summed E-state index contributed by atoms with van der Waals surface area (Å²) in [5.74, 6) is -0.661. The molecule has 9 nitrogen and oxygen atoms in total. The number of imidazole rings is 1. The molecule has 4 aromatic rings. The monoisotopic (exact) mass is 410 g/mol. The molecule has 30 heavy (non-hydrogen) atoms. The Morgan fingerprint density at radius 3 is 2.43 bits per heavy atom. The molecule has 0 fully saturated rings. The number of hydrogen-bond acceptors (Lipinski definition) is 6. The molecule has 2 aromatic carbocycles. The first-order chi connectivity index (χ1) is 14.5. The molecule has 0 radical (unpaired) electrons. The molecule has 0 bridgehead atoms. The molecular formula is C20H19FN6O3. The third kappa shape index (κ3) is 3.21. The van der Waals surface area contributed by atoms with Gasteiger partial charge in [-0.2, -0.15) is 0 Å². The molecule has 0 saturated carbocycles. The third-order valence-corrected chi connectivity index (χ3v) is 5.23. The van der Waals surface area contributed by atoms with Gasteiger partial charge in [-0.15, -0.1) is 5.10 Å². The van der Waals surface area contributed by atoms with Gasteiger partial charge in [0.2, 0.25) is 0 Å². The van der Waals surface area contributed by atoms with Gasteiger partial charge in [0, 0.05) is 18.0 Å². The predicted molar refractivity (Wildman–Crippen MR) is 105 cm³/mol. The van der Waals surface area contributed by atoms with Crippen molar-refractivity contribution in [3.05, 3.63) is 89.1 Å². The van der Waals surface area contributed by atoms with Gasteiger partial charge in [0.1, 0.15) is 17.7 Å². The van der Waals surface area contributed by atoms with E-state index in [4.69, 9.17) is 0 Å². The molecule has 0 aliphatic heterocycles. The first kappa shape index (κ1) is 19.7. The molecule has 0 saturated heterocycles. The van der Waals surface area contributed by atoms with E-state index >= 15 is 0 Å². The van der Waals surface area contributed by atoms with E-state index in [0.29, 0.717) is 5.69 Å². The number of nitrogens with zero attached hydrogens (tertiary/aromatic N) is 6. The van der Waals surface area contributed by atoms with Crippen LogP contribution in [0.2, 0.25) is 0 Å². The van der Waals surface area contributed by atoms with Gasteiger partial charge in [-0.1, -0.05) is 18.2 Å². The van der Waals surface area contributed by atoms with Crippen LogP contribution in [0, 0.1) is 5.82 Å². The highest BCUT2D eigenvalue weighted by Crippen LogP contribution is 2.33. The summed E-state index contributed by atoms with van der Waals surface area (Å²) in [5, 5.41) is 31.9. The van der Waals surface area contributed by atoms with Crippen molar-refractivity contribution < 1.29 is 14.6 Å². The second kappa shape index (κ2) is 7.65. The smallest absolute Gasteiger partial charge is 0.333 e. The second-order valence-electron chi connectivity index (χ2n) is 6.87. The molecule has 0 spiro atoms. The highest BCUT2D eigenvalue weighted by Gasteiger charge is 2.39. The van der Waals surface area contributed by atoms with Crippen molar-refractivity contribution in [1.29, 1.82) is 0 Å². The van der Waals surface area contributed by atoms with Crippen LogP contribution in [0.4, 0.5) is 4.39 Å². The van der Waals surface area contributed by atoms with Crippen molar-refractivity contribution in [2.75, 3.05) is 6.61 Å². The van der Waals surface area contributed by atoms with E-state index in [-0.39, 0.29) is 5.56 Å². The molecule has 0 amide bonds. The summed E-state index contributed by atoms with van der Waals surface area (Å²) >= 11 is 0. The number of aromatic nitrogens is 6. The molecular weight excluding hydrogens is 391 g/mol. The van der Waals surface area contributed by atoms with Crippen LogP contribution in [0.15, 0.2) is 72.0 Å². The third-order valence-electron chi connectivity index (χ3n) is 5.23. The molecule has 2 aromatic heterocycles. The van der Waals surface area contributed by atoms with Gasteiger partial charge in [-0.25, -0.2) is 13.9 Å². The van der Waals surface area contributed by atoms with Gasteiger partial charge in [-0.05, 0) is 47.7 Å². The predicted octanol–water partition coefficient (Wildman–Crippen LogP) is 1.19. The fraction of sp³-hybridized carbons (Fsp3) is 0.200. The lowest BCUT2D eigenvalue weighted by atomic mass is 9.87. The topological polar surface area (TPSA) is 111 Å². The maximum Gasteiger partial charge on any atom is 0.333 e. The van der Waals surface area contributed by atoms with E-state index in [9.17, 15) is 19.4 Å². The Labute approximate surface area is 170 Å². The van der Waals surface area contributed by atoms with Crippen molar-refractivity contribution in [2.45, 2.75) is 18.6 Å². The Balaban J connectivity index is 1.69. The summed E-state index contributed by atoms with van der Waals surface area (Å²) in [6, 6.07) is 11.7. The Bertz CT molecular complexity index is 1200. The molecule has 2 N–H and O–H groups in total. The van der Waals surface area contributed by atoms with Crippen molar-refractivity contribution >= 4 is 0 Å². The highest BCUT2D eigenvalue weighted by atomic mass is 19.1. The Morgan fingerprint density at radius 2 is 1.80 bits per heavy atom. The minimum atomic E-state index is -1.98. The van der Waals surface area contributed by atoms with Crippen molar-refractivity contribution in [3.8, 4) is 11.4 Å². The van der Waals surface area contributed by atoms with E-state index in [0.717, 1.165) is 5.69 Å². The molecule has 4 rings (SSSR count). The van der Waals surface area contributed by atoms with Crippen LogP contribution in [0.3, 0.4) is 0 Å². The average molecular weight is 410 g/mol. The number of hydrogen-bond donors (Lipinski definition) is 2. The number of aliphatic hydroxyl groups excluding tert-OH is 1. The van der Waals surface area contributed by atoms with Crippen LogP contribution >= 0.6 is 0 Å². The van der Waals surface area contributed by atoms with Gasteiger partial charge in [0.25, 0.3) is 0 Å². The van der Waals surface area contributed by atoms with Gasteiger partial charge >= 0.3 is 5.69 Å². The fourth-order valence-corrected chi connectivity index (χ4v) is 3.41. The quantitative estimate of drug-likeness (QED) is 0.494. The number of tetrazole rings is 1. The SMILES string of the molecule is C[C@@H](n1ccn(-c2ccc(-n3cnnn3)cc2)c1=O)[C@@](O)(CO)c1ccccc1F. The first-order valence-electron chi connectivity index (χ1n) is 9.17. The first-order valence-corrected chi connectivity index (χ1v) is 9.17. The summed E-state index contributed by atoms with van der Waals surface area (Å²) in [6.07, 6.45) is 4.49. The molecule has 2 atom stereocenters. The lowest BCUT2D eigenvalue weighted by molar-refractivity contribution is -0.0603. The highest BCUT2D eigenvalue weighted by molar-refractivity contribution is 5.40. The Morgan fingerprint density at radius 1 is 1.10 bits per heavy atom. The van der Waals surface area contributed by atoms with E-state index < -0.39 is 29.8 Å². The molecule has 154 valence electrons. The summed E-state index contributed by atoms with van der Waals surface area (Å²) in [5.41, 5.74) is -1.20. The largest absolute Gasteiger partial charge is 0.393 e. The molecule has 0 unspecified atom stereocenters. The lowest BCUT2D eigenvalue weighted by Gasteiger charge is -2.33. The van der Waals surface area contributed by atoms with Crippen LogP contribution in [0.25, 0.3) is 11.4 Å². The standard InChI is InChI=1S/C20H19FN6O3/c1-14(20(30,12-28)17-4-2-3-5-18(17)21)25-10-11-26(19(25)29)15-6-8-16(9-7-15)27-13-22-23-24-27/h2-11,13-14,28,30H,12H2,1H3/t14-,20+/m1/s1. The normalized spacial score (nSPS) is 14.4. The Hall–Kier alpha value is -3.63. The lowest BCUT2D eigenvalue weighted by Crippen LogP contribution is -2.43. The van der Waals surface area contributed by atoms with E-state index in [1.54, 1.807) is 43.5 Å². The van der Waals surface area contributed by atoms with Crippen LogP contribution in [-0.2, 0) is 5.60 Å². The van der Waals surface area contributed by atoms with Crippen LogP contribution in [-0.4, -0.2) is 46.2 Å². The minimum Gasteiger partial charge on any atom is -0.393 e. The molecule has 10 heteroatoms. The maximum absolute atomic E-state index is 14.3. The van der Waals surface area contributed by atoms with Crippen LogP contribution in [0.1, 0.15) is 18.5 Å². The number of halogens is 1. The van der Waals surface area contributed by atoms with Crippen molar-refractivity contribution in [1.82, 2.24) is 29.3 Å². The average Bonchev–Trinajstić information content (AvgIpc) is 3.43. The van der Waals surface area contributed by atoms with Gasteiger partial charge in [0.05, 0.1) is 24.0 Å². The van der Waals surface area contributed by atoms with Crippen molar-refractivity contribution in [2.24, 2.45) is 0 Å².